The van der Waals surface area contributed by atoms with Crippen molar-refractivity contribution in [3.8, 4) is 0 Å². The van der Waals surface area contributed by atoms with E-state index in [0.717, 1.165) is 62.8 Å². The minimum Gasteiger partial charge on any atom is -0.481 e. The van der Waals surface area contributed by atoms with Crippen molar-refractivity contribution in [2.75, 3.05) is 17.7 Å². The molecule has 25 heavy (non-hydrogen) atoms. The first-order chi connectivity index (χ1) is 12.1. The fourth-order valence-corrected chi connectivity index (χ4v) is 3.57. The average Bonchev–Trinajstić information content (AvgIpc) is 2.63. The lowest BCUT2D eigenvalue weighted by molar-refractivity contribution is -0.168. The third-order valence-corrected chi connectivity index (χ3v) is 5.13. The van der Waals surface area contributed by atoms with Gasteiger partial charge in [0.05, 0.1) is 23.9 Å². The molecule has 0 bridgehead atoms. The van der Waals surface area contributed by atoms with Crippen LogP contribution in [-0.4, -0.2) is 30.0 Å². The van der Waals surface area contributed by atoms with Gasteiger partial charge in [-0.2, -0.15) is 0 Å². The normalized spacial score (nSPS) is 27.0. The van der Waals surface area contributed by atoms with E-state index in [4.69, 9.17) is 20.3 Å². The molecule has 4 N–H and O–H groups in total. The third kappa shape index (κ3) is 5.09. The highest BCUT2D eigenvalue weighted by molar-refractivity contribution is 5.70. The molecule has 6 nitrogen and oxygen atoms in total. The smallest absolute Gasteiger partial charge is 0.306 e. The minimum atomic E-state index is -0.677. The maximum Gasteiger partial charge on any atom is 0.306 e. The van der Waals surface area contributed by atoms with Crippen molar-refractivity contribution >= 4 is 17.3 Å². The number of anilines is 2. The summed E-state index contributed by atoms with van der Waals surface area (Å²) in [6.45, 7) is 1.28. The summed E-state index contributed by atoms with van der Waals surface area (Å²) in [5.74, 6) is -0.874. The van der Waals surface area contributed by atoms with Crippen molar-refractivity contribution in [2.24, 2.45) is 5.92 Å². The predicted octanol–water partition coefficient (Wildman–Crippen LogP) is 3.37. The first-order valence-corrected chi connectivity index (χ1v) is 9.23. The van der Waals surface area contributed by atoms with Crippen LogP contribution in [-0.2, 0) is 20.9 Å². The molecule has 1 aliphatic heterocycles. The summed E-state index contributed by atoms with van der Waals surface area (Å²) < 4.78 is 11.4. The van der Waals surface area contributed by atoms with E-state index >= 15 is 0 Å². The van der Waals surface area contributed by atoms with Crippen LogP contribution in [0.2, 0.25) is 0 Å². The van der Waals surface area contributed by atoms with Crippen molar-refractivity contribution in [3.05, 3.63) is 23.8 Å². The molecule has 0 radical (unpaired) electrons. The van der Waals surface area contributed by atoms with Gasteiger partial charge in [-0.1, -0.05) is 6.07 Å². The third-order valence-electron chi connectivity index (χ3n) is 5.13. The zero-order chi connectivity index (χ0) is 17.6. The second kappa shape index (κ2) is 8.54. The zero-order valence-electron chi connectivity index (χ0n) is 14.6. The van der Waals surface area contributed by atoms with E-state index in [1.807, 2.05) is 18.2 Å². The Morgan fingerprint density at radius 2 is 2.04 bits per heavy atom. The number of carbonyl (C=O) groups is 1. The Labute approximate surface area is 148 Å². The van der Waals surface area contributed by atoms with E-state index in [-0.39, 0.29) is 18.2 Å². The summed E-state index contributed by atoms with van der Waals surface area (Å²) in [5, 5.41) is 12.5. The highest BCUT2D eigenvalue weighted by Crippen LogP contribution is 2.29. The summed E-state index contributed by atoms with van der Waals surface area (Å²) in [5.41, 5.74) is 8.83. The van der Waals surface area contributed by atoms with Gasteiger partial charge in [0.25, 0.3) is 0 Å². The number of carboxylic acid groups (broad SMARTS) is 1. The maximum atomic E-state index is 11.0. The Balaban J connectivity index is 1.49. The van der Waals surface area contributed by atoms with Crippen molar-refractivity contribution < 1.29 is 19.4 Å². The standard InChI is InChI=1S/C19H28N2O4/c20-16-11-13(12-25-18-3-1-2-10-24-18)4-9-17(16)21-15-7-5-14(6-8-15)19(22)23/h4,9,11,14-15,18,21H,1-3,5-8,10,12,20H2,(H,22,23)/t14-,15+,18?. The van der Waals surface area contributed by atoms with Crippen LogP contribution in [0.5, 0.6) is 0 Å². The van der Waals surface area contributed by atoms with Crippen molar-refractivity contribution in [1.29, 1.82) is 0 Å². The van der Waals surface area contributed by atoms with Crippen LogP contribution >= 0.6 is 0 Å². The molecule has 138 valence electrons. The van der Waals surface area contributed by atoms with E-state index in [0.29, 0.717) is 12.3 Å². The predicted molar refractivity (Wildman–Crippen MR) is 96.2 cm³/mol. The summed E-state index contributed by atoms with van der Waals surface area (Å²) in [4.78, 5) is 11.0. The van der Waals surface area contributed by atoms with Crippen LogP contribution in [0.3, 0.4) is 0 Å². The molecule has 3 rings (SSSR count). The van der Waals surface area contributed by atoms with Gasteiger partial charge in [0.2, 0.25) is 0 Å². The van der Waals surface area contributed by atoms with Crippen LogP contribution in [0.15, 0.2) is 18.2 Å². The fraction of sp³-hybridized carbons (Fsp3) is 0.632. The Bertz CT molecular complexity index is 579. The second-order valence-electron chi connectivity index (χ2n) is 7.06. The Kier molecular flexibility index (Phi) is 6.15. The Hall–Kier alpha value is -1.79. The molecular formula is C19H28N2O4. The van der Waals surface area contributed by atoms with Gasteiger partial charge >= 0.3 is 5.97 Å². The number of carboxylic acids is 1. The minimum absolute atomic E-state index is 0.0998. The molecule has 1 heterocycles. The van der Waals surface area contributed by atoms with Crippen molar-refractivity contribution in [2.45, 2.75) is 63.9 Å². The number of hydrogen-bond donors (Lipinski definition) is 3. The van der Waals surface area contributed by atoms with Gasteiger partial charge in [-0.3, -0.25) is 4.79 Å². The molecule has 0 spiro atoms. The molecule has 1 atom stereocenters. The molecule has 1 saturated heterocycles. The first kappa shape index (κ1) is 18.0. The quantitative estimate of drug-likeness (QED) is 0.683. The first-order valence-electron chi connectivity index (χ1n) is 9.23. The van der Waals surface area contributed by atoms with Crippen molar-refractivity contribution in [3.63, 3.8) is 0 Å². The molecule has 2 aliphatic rings. The number of nitrogen functional groups attached to an aromatic ring is 1. The van der Waals surface area contributed by atoms with E-state index in [9.17, 15) is 4.79 Å². The molecule has 0 aromatic heterocycles. The average molecular weight is 348 g/mol. The van der Waals surface area contributed by atoms with Crippen LogP contribution in [0.25, 0.3) is 0 Å². The Morgan fingerprint density at radius 3 is 2.68 bits per heavy atom. The molecule has 6 heteroatoms. The number of rotatable bonds is 6. The molecule has 2 fully saturated rings. The van der Waals surface area contributed by atoms with Crippen LogP contribution < -0.4 is 11.1 Å². The SMILES string of the molecule is Nc1cc(COC2CCCCO2)ccc1N[C@H]1CC[C@@H](C(=O)O)CC1. The van der Waals surface area contributed by atoms with Crippen LogP contribution in [0.4, 0.5) is 11.4 Å². The molecule has 1 aromatic rings. The van der Waals surface area contributed by atoms with Gasteiger partial charge in [-0.25, -0.2) is 0 Å². The second-order valence-corrected chi connectivity index (χ2v) is 7.06. The van der Waals surface area contributed by atoms with Crippen LogP contribution in [0, 0.1) is 5.92 Å². The van der Waals surface area contributed by atoms with Crippen molar-refractivity contribution in [1.82, 2.24) is 0 Å². The number of ether oxygens (including phenoxy) is 2. The van der Waals surface area contributed by atoms with E-state index in [1.54, 1.807) is 0 Å². The van der Waals surface area contributed by atoms with Gasteiger partial charge in [0, 0.05) is 12.6 Å². The van der Waals surface area contributed by atoms with E-state index in [1.165, 1.54) is 0 Å². The zero-order valence-corrected chi connectivity index (χ0v) is 14.6. The number of aliphatic carboxylic acids is 1. The number of nitrogens with two attached hydrogens (primary N) is 1. The lowest BCUT2D eigenvalue weighted by Crippen LogP contribution is -2.29. The molecular weight excluding hydrogens is 320 g/mol. The van der Waals surface area contributed by atoms with Gasteiger partial charge in [0.15, 0.2) is 6.29 Å². The van der Waals surface area contributed by atoms with Gasteiger partial charge in [-0.05, 0) is 62.6 Å². The summed E-state index contributed by atoms with van der Waals surface area (Å²) in [6.07, 6.45) is 6.29. The topological polar surface area (TPSA) is 93.8 Å². The largest absolute Gasteiger partial charge is 0.481 e. The monoisotopic (exact) mass is 348 g/mol. The summed E-state index contributed by atoms with van der Waals surface area (Å²) >= 11 is 0. The summed E-state index contributed by atoms with van der Waals surface area (Å²) in [6, 6.07) is 6.23. The highest BCUT2D eigenvalue weighted by atomic mass is 16.7. The van der Waals surface area contributed by atoms with Gasteiger partial charge in [-0.15, -0.1) is 0 Å². The lowest BCUT2D eigenvalue weighted by Gasteiger charge is -2.28. The van der Waals surface area contributed by atoms with E-state index < -0.39 is 5.97 Å². The number of benzene rings is 1. The van der Waals surface area contributed by atoms with E-state index in [2.05, 4.69) is 5.32 Å². The summed E-state index contributed by atoms with van der Waals surface area (Å²) in [7, 11) is 0. The lowest BCUT2D eigenvalue weighted by atomic mass is 9.86. The molecule has 1 aliphatic carbocycles. The number of hydrogen-bond acceptors (Lipinski definition) is 5. The molecule has 1 unspecified atom stereocenters. The Morgan fingerprint density at radius 1 is 1.24 bits per heavy atom. The van der Waals surface area contributed by atoms with Crippen LogP contribution in [0.1, 0.15) is 50.5 Å². The molecule has 1 aromatic carbocycles. The molecule has 0 amide bonds. The number of nitrogens with one attached hydrogen (secondary N) is 1. The van der Waals surface area contributed by atoms with Gasteiger partial charge < -0.3 is 25.6 Å². The highest BCUT2D eigenvalue weighted by Gasteiger charge is 2.26. The maximum absolute atomic E-state index is 11.0. The fourth-order valence-electron chi connectivity index (χ4n) is 3.57. The van der Waals surface area contributed by atoms with Gasteiger partial charge in [0.1, 0.15) is 0 Å². The molecule has 1 saturated carbocycles.